The maximum Gasteiger partial charge on any atom is 0.0509 e. The Morgan fingerprint density at radius 2 is 2.20 bits per heavy atom. The monoisotopic (exact) mass is 224 g/mol. The van der Waals surface area contributed by atoms with Crippen molar-refractivity contribution in [1.29, 1.82) is 0 Å². The van der Waals surface area contributed by atoms with E-state index in [2.05, 4.69) is 22.9 Å². The summed E-state index contributed by atoms with van der Waals surface area (Å²) in [5, 5.41) is 0. The largest absolute Gasteiger partial charge is 0.371 e. The Kier molecular flexibility index (Phi) is 3.47. The van der Waals surface area contributed by atoms with Crippen molar-refractivity contribution in [2.24, 2.45) is 5.92 Å². The summed E-state index contributed by atoms with van der Waals surface area (Å²) >= 11 is 5.91. The van der Waals surface area contributed by atoms with Gasteiger partial charge in [-0.15, -0.1) is 11.6 Å². The van der Waals surface area contributed by atoms with Crippen molar-refractivity contribution < 1.29 is 0 Å². The molecule has 2 nitrogen and oxygen atoms in total. The lowest BCUT2D eigenvalue weighted by Gasteiger charge is -2.33. The first-order chi connectivity index (χ1) is 7.31. The molecule has 2 heterocycles. The summed E-state index contributed by atoms with van der Waals surface area (Å²) in [5.41, 5.74) is 2.42. The van der Waals surface area contributed by atoms with Crippen LogP contribution in [-0.2, 0) is 5.88 Å². The predicted molar refractivity (Wildman–Crippen MR) is 64.4 cm³/mol. The van der Waals surface area contributed by atoms with Crippen LogP contribution in [0.25, 0.3) is 0 Å². The molecule has 0 aliphatic carbocycles. The summed E-state index contributed by atoms with van der Waals surface area (Å²) in [6.45, 7) is 4.62. The molecular formula is C12H17ClN2. The van der Waals surface area contributed by atoms with Gasteiger partial charge in [-0.25, -0.2) is 0 Å². The number of nitrogens with zero attached hydrogens (tertiary/aromatic N) is 2. The summed E-state index contributed by atoms with van der Waals surface area (Å²) in [6.07, 6.45) is 6.29. The minimum absolute atomic E-state index is 0.551. The van der Waals surface area contributed by atoms with Gasteiger partial charge in [0.1, 0.15) is 0 Å². The Morgan fingerprint density at radius 3 is 2.87 bits per heavy atom. The van der Waals surface area contributed by atoms with Crippen LogP contribution in [-0.4, -0.2) is 18.1 Å². The highest BCUT2D eigenvalue weighted by Crippen LogP contribution is 2.26. The van der Waals surface area contributed by atoms with Crippen molar-refractivity contribution in [2.45, 2.75) is 25.6 Å². The predicted octanol–water partition coefficient (Wildman–Crippen LogP) is 3.06. The highest BCUT2D eigenvalue weighted by Gasteiger charge is 2.17. The average Bonchev–Trinajstić information content (AvgIpc) is 2.30. The van der Waals surface area contributed by atoms with Crippen molar-refractivity contribution >= 4 is 17.3 Å². The highest BCUT2D eigenvalue weighted by molar-refractivity contribution is 6.17. The smallest absolute Gasteiger partial charge is 0.0509 e. The lowest BCUT2D eigenvalue weighted by Crippen LogP contribution is -2.33. The number of halogens is 1. The number of alkyl halides is 1. The molecule has 0 N–H and O–H groups in total. The van der Waals surface area contributed by atoms with E-state index in [0.717, 1.165) is 24.6 Å². The van der Waals surface area contributed by atoms with E-state index in [1.54, 1.807) is 0 Å². The summed E-state index contributed by atoms with van der Waals surface area (Å²) in [7, 11) is 0. The molecule has 15 heavy (non-hydrogen) atoms. The van der Waals surface area contributed by atoms with E-state index in [9.17, 15) is 0 Å². The van der Waals surface area contributed by atoms with E-state index < -0.39 is 0 Å². The number of hydrogen-bond acceptors (Lipinski definition) is 2. The number of pyridine rings is 1. The summed E-state index contributed by atoms with van der Waals surface area (Å²) in [5.74, 6) is 1.41. The van der Waals surface area contributed by atoms with Gasteiger partial charge in [-0.1, -0.05) is 6.92 Å². The van der Waals surface area contributed by atoms with Crippen LogP contribution < -0.4 is 4.90 Å². The maximum atomic E-state index is 5.91. The number of aromatic nitrogens is 1. The zero-order valence-electron chi connectivity index (χ0n) is 9.12. The molecule has 1 aliphatic heterocycles. The third-order valence-corrected chi connectivity index (χ3v) is 3.43. The van der Waals surface area contributed by atoms with Gasteiger partial charge in [-0.2, -0.15) is 0 Å². The van der Waals surface area contributed by atoms with Crippen LogP contribution in [0.1, 0.15) is 25.3 Å². The van der Waals surface area contributed by atoms with E-state index in [0.29, 0.717) is 5.88 Å². The molecule has 0 saturated carbocycles. The quantitative estimate of drug-likeness (QED) is 0.718. The van der Waals surface area contributed by atoms with Crippen LogP contribution in [0, 0.1) is 5.92 Å². The number of anilines is 1. The van der Waals surface area contributed by atoms with Crippen LogP contribution in [0.3, 0.4) is 0 Å². The fourth-order valence-electron chi connectivity index (χ4n) is 2.08. The van der Waals surface area contributed by atoms with Crippen molar-refractivity contribution in [1.82, 2.24) is 4.98 Å². The maximum absolute atomic E-state index is 5.91. The van der Waals surface area contributed by atoms with E-state index in [-0.39, 0.29) is 0 Å². The van der Waals surface area contributed by atoms with Crippen LogP contribution in [0.2, 0.25) is 0 Å². The second kappa shape index (κ2) is 4.84. The number of piperidine rings is 1. The molecule has 0 unspecified atom stereocenters. The fourth-order valence-corrected chi connectivity index (χ4v) is 2.29. The van der Waals surface area contributed by atoms with Crippen molar-refractivity contribution in [3.63, 3.8) is 0 Å². The van der Waals surface area contributed by atoms with Crippen molar-refractivity contribution in [2.75, 3.05) is 18.0 Å². The SMILES string of the molecule is CC1CCN(c2ccncc2CCl)CC1. The van der Waals surface area contributed by atoms with Gasteiger partial charge in [0, 0.05) is 36.7 Å². The minimum Gasteiger partial charge on any atom is -0.371 e. The molecular weight excluding hydrogens is 208 g/mol. The molecule has 1 aromatic heterocycles. The van der Waals surface area contributed by atoms with E-state index in [1.807, 2.05) is 12.4 Å². The molecule has 1 saturated heterocycles. The molecule has 0 amide bonds. The van der Waals surface area contributed by atoms with Gasteiger partial charge in [0.05, 0.1) is 5.88 Å². The van der Waals surface area contributed by atoms with Gasteiger partial charge >= 0.3 is 0 Å². The van der Waals surface area contributed by atoms with E-state index in [4.69, 9.17) is 11.6 Å². The molecule has 0 bridgehead atoms. The van der Waals surface area contributed by atoms with Gasteiger partial charge in [-0.05, 0) is 24.8 Å². The molecule has 2 rings (SSSR count). The van der Waals surface area contributed by atoms with Gasteiger partial charge in [0.2, 0.25) is 0 Å². The molecule has 82 valence electrons. The average molecular weight is 225 g/mol. The molecule has 1 aliphatic rings. The van der Waals surface area contributed by atoms with E-state index in [1.165, 1.54) is 18.5 Å². The zero-order valence-corrected chi connectivity index (χ0v) is 9.87. The first-order valence-electron chi connectivity index (χ1n) is 5.55. The molecule has 3 heteroatoms. The molecule has 0 spiro atoms. The second-order valence-electron chi connectivity index (χ2n) is 4.31. The van der Waals surface area contributed by atoms with Crippen LogP contribution in [0.15, 0.2) is 18.5 Å². The summed E-state index contributed by atoms with van der Waals surface area (Å²) in [4.78, 5) is 6.54. The summed E-state index contributed by atoms with van der Waals surface area (Å²) < 4.78 is 0. The molecule has 0 radical (unpaired) electrons. The minimum atomic E-state index is 0.551. The highest BCUT2D eigenvalue weighted by atomic mass is 35.5. The summed E-state index contributed by atoms with van der Waals surface area (Å²) in [6, 6.07) is 2.08. The lowest BCUT2D eigenvalue weighted by atomic mass is 9.98. The Labute approximate surface area is 96.3 Å². The molecule has 0 atom stereocenters. The van der Waals surface area contributed by atoms with Crippen LogP contribution >= 0.6 is 11.6 Å². The molecule has 1 aromatic rings. The molecule has 0 aromatic carbocycles. The van der Waals surface area contributed by atoms with Crippen molar-refractivity contribution in [3.05, 3.63) is 24.0 Å². The fraction of sp³-hybridized carbons (Fsp3) is 0.583. The Bertz CT molecular complexity index is 319. The first-order valence-corrected chi connectivity index (χ1v) is 6.08. The second-order valence-corrected chi connectivity index (χ2v) is 4.57. The normalized spacial score (nSPS) is 18.1. The Hall–Kier alpha value is -0.760. The Balaban J connectivity index is 2.15. The standard InChI is InChI=1S/C12H17ClN2/c1-10-3-6-15(7-4-10)12-2-5-14-9-11(12)8-13/h2,5,9-10H,3-4,6-8H2,1H3. The number of hydrogen-bond donors (Lipinski definition) is 0. The van der Waals surface area contributed by atoms with Crippen LogP contribution in [0.5, 0.6) is 0 Å². The van der Waals surface area contributed by atoms with Gasteiger partial charge in [0.25, 0.3) is 0 Å². The zero-order chi connectivity index (χ0) is 10.7. The third-order valence-electron chi connectivity index (χ3n) is 3.15. The third kappa shape index (κ3) is 2.43. The van der Waals surface area contributed by atoms with Crippen LogP contribution in [0.4, 0.5) is 5.69 Å². The first kappa shape index (κ1) is 10.7. The van der Waals surface area contributed by atoms with E-state index >= 15 is 0 Å². The Morgan fingerprint density at radius 1 is 1.47 bits per heavy atom. The van der Waals surface area contributed by atoms with Gasteiger partial charge in [-0.3, -0.25) is 4.98 Å². The van der Waals surface area contributed by atoms with Gasteiger partial charge in [0.15, 0.2) is 0 Å². The lowest BCUT2D eigenvalue weighted by molar-refractivity contribution is 0.438. The number of rotatable bonds is 2. The topological polar surface area (TPSA) is 16.1 Å². The molecule has 1 fully saturated rings. The van der Waals surface area contributed by atoms with Crippen molar-refractivity contribution in [3.8, 4) is 0 Å². The van der Waals surface area contributed by atoms with Gasteiger partial charge < -0.3 is 4.90 Å².